The van der Waals surface area contributed by atoms with Crippen molar-refractivity contribution in [2.45, 2.75) is 0 Å². The van der Waals surface area contributed by atoms with E-state index < -0.39 is 0 Å². The molecule has 6 heavy (non-hydrogen) atoms. The molecule has 0 saturated carbocycles. The molecule has 0 aliphatic heterocycles. The summed E-state index contributed by atoms with van der Waals surface area (Å²) >= 11 is 0. The molecular formula is C5H7Co-. The van der Waals surface area contributed by atoms with Crippen LogP contribution >= 0.6 is 0 Å². The molecule has 0 aromatic carbocycles. The maximum Gasteiger partial charge on any atom is 0 e. The standard InChI is InChI=1S/C5H7.Co/c1-3-5-4-2;/h3-5H,1-2H2;/q-1;. The van der Waals surface area contributed by atoms with Gasteiger partial charge in [-0.15, -0.1) is 6.58 Å². The molecule has 0 saturated heterocycles. The summed E-state index contributed by atoms with van der Waals surface area (Å²) in [6, 6.07) is 0. The van der Waals surface area contributed by atoms with E-state index in [-0.39, 0.29) is 16.8 Å². The SMILES string of the molecule is C=CC=C[CH2-].[Co]. The van der Waals surface area contributed by atoms with Gasteiger partial charge < -0.3 is 0 Å². The molecule has 37 valence electrons. The maximum absolute atomic E-state index is 3.42. The van der Waals surface area contributed by atoms with Crippen molar-refractivity contribution < 1.29 is 16.8 Å². The zero-order valence-corrected chi connectivity index (χ0v) is 4.52. The molecule has 1 radical (unpaired) electrons. The fourth-order valence-corrected chi connectivity index (χ4v) is 0.0962. The van der Waals surface area contributed by atoms with E-state index in [1.54, 1.807) is 18.2 Å². The smallest absolute Gasteiger partial charge is 0 e. The van der Waals surface area contributed by atoms with Gasteiger partial charge in [0.1, 0.15) is 0 Å². The summed E-state index contributed by atoms with van der Waals surface area (Å²) < 4.78 is 0. The minimum absolute atomic E-state index is 0. The Morgan fingerprint density at radius 1 is 1.50 bits per heavy atom. The van der Waals surface area contributed by atoms with Gasteiger partial charge >= 0.3 is 0 Å². The van der Waals surface area contributed by atoms with Crippen LogP contribution in [0.1, 0.15) is 0 Å². The summed E-state index contributed by atoms with van der Waals surface area (Å²) in [5, 5.41) is 0. The molecular weight excluding hydrogens is 119 g/mol. The number of hydrogen-bond acceptors (Lipinski definition) is 0. The Kier molecular flexibility index (Phi) is 13.7. The minimum atomic E-state index is 0. The van der Waals surface area contributed by atoms with Crippen LogP contribution in [-0.2, 0) is 16.8 Å². The Hall–Kier alpha value is -0.144. The van der Waals surface area contributed by atoms with Crippen molar-refractivity contribution in [1.82, 2.24) is 0 Å². The van der Waals surface area contributed by atoms with Crippen LogP contribution in [0.4, 0.5) is 0 Å². The van der Waals surface area contributed by atoms with Gasteiger partial charge in [0.15, 0.2) is 0 Å². The van der Waals surface area contributed by atoms with E-state index in [4.69, 9.17) is 0 Å². The van der Waals surface area contributed by atoms with Crippen LogP contribution in [0.3, 0.4) is 0 Å². The second kappa shape index (κ2) is 8.85. The molecule has 0 aliphatic rings. The predicted octanol–water partition coefficient (Wildman–Crippen LogP) is 1.56. The summed E-state index contributed by atoms with van der Waals surface area (Å²) in [6.45, 7) is 6.85. The van der Waals surface area contributed by atoms with Crippen LogP contribution in [0.2, 0.25) is 0 Å². The van der Waals surface area contributed by atoms with Crippen LogP contribution < -0.4 is 0 Å². The second-order valence-electron chi connectivity index (χ2n) is 0.664. The van der Waals surface area contributed by atoms with Gasteiger partial charge in [0.05, 0.1) is 0 Å². The first-order valence-electron chi connectivity index (χ1n) is 1.48. The summed E-state index contributed by atoms with van der Waals surface area (Å²) in [7, 11) is 0. The van der Waals surface area contributed by atoms with Gasteiger partial charge in [-0.1, -0.05) is 0 Å². The zero-order chi connectivity index (χ0) is 4.12. The number of rotatable bonds is 1. The van der Waals surface area contributed by atoms with Crippen molar-refractivity contribution in [2.75, 3.05) is 0 Å². The molecule has 0 amide bonds. The minimum Gasteiger partial charge on any atom is -0.245 e. The van der Waals surface area contributed by atoms with Crippen LogP contribution in [0.5, 0.6) is 0 Å². The van der Waals surface area contributed by atoms with E-state index in [1.807, 2.05) is 0 Å². The molecule has 0 atom stereocenters. The Morgan fingerprint density at radius 3 is 2.00 bits per heavy atom. The molecule has 0 N–H and O–H groups in total. The van der Waals surface area contributed by atoms with Crippen molar-refractivity contribution in [3.63, 3.8) is 0 Å². The van der Waals surface area contributed by atoms with Crippen LogP contribution in [-0.4, -0.2) is 0 Å². The first-order valence-corrected chi connectivity index (χ1v) is 1.48. The molecule has 0 nitrogen and oxygen atoms in total. The molecule has 0 heterocycles. The van der Waals surface area contributed by atoms with Gasteiger partial charge in [0.25, 0.3) is 0 Å². The molecule has 1 heteroatoms. The number of allylic oxidation sites excluding steroid dienone is 3. The third kappa shape index (κ3) is 9.13. The van der Waals surface area contributed by atoms with E-state index >= 15 is 0 Å². The second-order valence-corrected chi connectivity index (χ2v) is 0.664. The van der Waals surface area contributed by atoms with E-state index in [9.17, 15) is 0 Å². The van der Waals surface area contributed by atoms with E-state index in [2.05, 4.69) is 13.5 Å². The first-order chi connectivity index (χ1) is 2.41. The monoisotopic (exact) mass is 126 g/mol. The quantitative estimate of drug-likeness (QED) is 0.369. The van der Waals surface area contributed by atoms with E-state index in [0.717, 1.165) is 0 Å². The fraction of sp³-hybridized carbons (Fsp3) is 0. The van der Waals surface area contributed by atoms with E-state index in [0.29, 0.717) is 0 Å². The molecule has 0 aliphatic carbocycles. The average Bonchev–Trinajstić information content (AvgIpc) is 1.41. The fourth-order valence-electron chi connectivity index (χ4n) is 0.0962. The maximum atomic E-state index is 3.42. The van der Waals surface area contributed by atoms with Gasteiger partial charge in [-0.05, 0) is 0 Å². The number of hydrogen-bond donors (Lipinski definition) is 0. The Labute approximate surface area is 49.1 Å². The third-order valence-corrected chi connectivity index (χ3v) is 0.272. The zero-order valence-electron chi connectivity index (χ0n) is 3.48. The van der Waals surface area contributed by atoms with Crippen molar-refractivity contribution >= 4 is 0 Å². The normalized spacial score (nSPS) is 7.33. The van der Waals surface area contributed by atoms with Gasteiger partial charge in [-0.2, -0.15) is 6.08 Å². The van der Waals surface area contributed by atoms with Crippen LogP contribution in [0, 0.1) is 6.92 Å². The van der Waals surface area contributed by atoms with Crippen molar-refractivity contribution in [3.05, 3.63) is 31.7 Å². The van der Waals surface area contributed by atoms with Gasteiger partial charge in [-0.25, -0.2) is 19.1 Å². The van der Waals surface area contributed by atoms with E-state index in [1.165, 1.54) is 0 Å². The predicted molar refractivity (Wildman–Crippen MR) is 24.7 cm³/mol. The Balaban J connectivity index is 0. The molecule has 0 bridgehead atoms. The molecule has 0 aromatic heterocycles. The Morgan fingerprint density at radius 2 is 2.00 bits per heavy atom. The van der Waals surface area contributed by atoms with Crippen LogP contribution in [0.15, 0.2) is 24.8 Å². The molecule has 0 spiro atoms. The van der Waals surface area contributed by atoms with Crippen LogP contribution in [0.25, 0.3) is 0 Å². The summed E-state index contributed by atoms with van der Waals surface area (Å²) in [4.78, 5) is 0. The van der Waals surface area contributed by atoms with Crippen molar-refractivity contribution in [1.29, 1.82) is 0 Å². The van der Waals surface area contributed by atoms with Gasteiger partial charge in [0.2, 0.25) is 0 Å². The summed E-state index contributed by atoms with van der Waals surface area (Å²) in [5.41, 5.74) is 0. The Bertz CT molecular complexity index is 45.9. The molecule has 0 unspecified atom stereocenters. The summed E-state index contributed by atoms with van der Waals surface area (Å²) in [6.07, 6.45) is 5.15. The van der Waals surface area contributed by atoms with Gasteiger partial charge in [0, 0.05) is 16.8 Å². The van der Waals surface area contributed by atoms with Gasteiger partial charge in [-0.3, -0.25) is 0 Å². The average molecular weight is 126 g/mol. The van der Waals surface area contributed by atoms with Crippen molar-refractivity contribution in [2.24, 2.45) is 0 Å². The molecule has 0 rings (SSSR count). The molecule has 0 fully saturated rings. The molecule has 0 aromatic rings. The summed E-state index contributed by atoms with van der Waals surface area (Å²) in [5.74, 6) is 0. The first kappa shape index (κ1) is 9.29. The topological polar surface area (TPSA) is 0 Å². The third-order valence-electron chi connectivity index (χ3n) is 0.272. The van der Waals surface area contributed by atoms with Crippen molar-refractivity contribution in [3.8, 4) is 0 Å². The largest absolute Gasteiger partial charge is 0.245 e.